The summed E-state index contributed by atoms with van der Waals surface area (Å²) in [6, 6.07) is 14.7. The minimum atomic E-state index is -0.820. The maximum atomic E-state index is 12.4. The van der Waals surface area contributed by atoms with Gasteiger partial charge in [0.15, 0.2) is 0 Å². The van der Waals surface area contributed by atoms with Gasteiger partial charge < -0.3 is 20.5 Å². The number of carbonyl (C=O) groups excluding carboxylic acids is 1. The van der Waals surface area contributed by atoms with E-state index in [1.165, 1.54) is 0 Å². The number of ether oxygens (including phenoxy) is 1. The van der Waals surface area contributed by atoms with Crippen molar-refractivity contribution in [2.45, 2.75) is 19.3 Å². The third-order valence-corrected chi connectivity index (χ3v) is 3.62. The van der Waals surface area contributed by atoms with Crippen LogP contribution in [0.15, 0.2) is 48.5 Å². The molecule has 0 fully saturated rings. The van der Waals surface area contributed by atoms with Gasteiger partial charge >= 0.3 is 5.97 Å². The molecule has 3 N–H and O–H groups in total. The second kappa shape index (κ2) is 9.32. The molecule has 132 valence electrons. The first-order valence-electron chi connectivity index (χ1n) is 8.10. The zero-order valence-electron chi connectivity index (χ0n) is 14.1. The number of anilines is 2. The lowest BCUT2D eigenvalue weighted by Gasteiger charge is -2.13. The second-order valence-electron chi connectivity index (χ2n) is 5.51. The van der Waals surface area contributed by atoms with Crippen LogP contribution in [0.1, 0.15) is 29.6 Å². The zero-order valence-corrected chi connectivity index (χ0v) is 14.1. The van der Waals surface area contributed by atoms with Crippen molar-refractivity contribution in [3.8, 4) is 5.75 Å². The number of hydrogen-bond donors (Lipinski definition) is 3. The number of nitrogens with one attached hydrogen (secondary N) is 2. The quantitative estimate of drug-likeness (QED) is 0.608. The number of para-hydroxylation sites is 1. The highest BCUT2D eigenvalue weighted by atomic mass is 16.5. The van der Waals surface area contributed by atoms with Crippen LogP contribution < -0.4 is 15.4 Å². The van der Waals surface area contributed by atoms with Crippen LogP contribution in [0.2, 0.25) is 0 Å². The number of unbranched alkanes of at least 4 members (excludes halogenated alkanes) is 1. The van der Waals surface area contributed by atoms with Crippen LogP contribution in [0, 0.1) is 0 Å². The maximum Gasteiger partial charge on any atom is 0.303 e. The number of carboxylic acids is 1. The predicted molar refractivity (Wildman–Crippen MR) is 96.5 cm³/mol. The van der Waals surface area contributed by atoms with Gasteiger partial charge in [0.1, 0.15) is 5.75 Å². The smallest absolute Gasteiger partial charge is 0.303 e. The molecule has 0 aliphatic heterocycles. The van der Waals surface area contributed by atoms with Crippen LogP contribution in [-0.2, 0) is 4.79 Å². The topological polar surface area (TPSA) is 87.7 Å². The van der Waals surface area contributed by atoms with Gasteiger partial charge in [0.05, 0.1) is 18.4 Å². The number of methoxy groups -OCH3 is 1. The van der Waals surface area contributed by atoms with Gasteiger partial charge in [-0.3, -0.25) is 9.59 Å². The van der Waals surface area contributed by atoms with Crippen molar-refractivity contribution in [3.63, 3.8) is 0 Å². The molecule has 0 heterocycles. The molecule has 0 aliphatic carbocycles. The van der Waals surface area contributed by atoms with E-state index in [4.69, 9.17) is 9.84 Å². The lowest BCUT2D eigenvalue weighted by Crippen LogP contribution is -2.25. The Balaban J connectivity index is 1.99. The lowest BCUT2D eigenvalue weighted by molar-refractivity contribution is -0.137. The van der Waals surface area contributed by atoms with E-state index >= 15 is 0 Å². The molecule has 0 spiro atoms. The SMILES string of the molecule is COc1cccc(Nc2ccccc2C(=O)NCCCCC(=O)O)c1. The van der Waals surface area contributed by atoms with Gasteiger partial charge in [-0.25, -0.2) is 0 Å². The number of aliphatic carboxylic acids is 1. The minimum Gasteiger partial charge on any atom is -0.497 e. The summed E-state index contributed by atoms with van der Waals surface area (Å²) in [6.07, 6.45) is 1.28. The third kappa shape index (κ3) is 5.84. The fraction of sp³-hybridized carbons (Fsp3) is 0.263. The van der Waals surface area contributed by atoms with Gasteiger partial charge in [-0.2, -0.15) is 0 Å². The average Bonchev–Trinajstić information content (AvgIpc) is 2.61. The normalized spacial score (nSPS) is 10.1. The fourth-order valence-electron chi connectivity index (χ4n) is 2.34. The second-order valence-corrected chi connectivity index (χ2v) is 5.51. The Morgan fingerprint density at radius 1 is 1.08 bits per heavy atom. The Morgan fingerprint density at radius 3 is 2.64 bits per heavy atom. The third-order valence-electron chi connectivity index (χ3n) is 3.62. The van der Waals surface area contributed by atoms with Crippen LogP contribution in [-0.4, -0.2) is 30.6 Å². The first kappa shape index (κ1) is 18.3. The number of amides is 1. The van der Waals surface area contributed by atoms with Crippen molar-refractivity contribution in [1.82, 2.24) is 5.32 Å². The Morgan fingerprint density at radius 2 is 1.88 bits per heavy atom. The maximum absolute atomic E-state index is 12.4. The summed E-state index contributed by atoms with van der Waals surface area (Å²) in [5, 5.41) is 14.7. The van der Waals surface area contributed by atoms with Gasteiger partial charge in [0.2, 0.25) is 0 Å². The molecule has 0 unspecified atom stereocenters. The van der Waals surface area contributed by atoms with Crippen molar-refractivity contribution >= 4 is 23.3 Å². The molecule has 2 rings (SSSR count). The molecule has 0 bridgehead atoms. The van der Waals surface area contributed by atoms with E-state index in [0.29, 0.717) is 30.6 Å². The number of carbonyl (C=O) groups is 2. The van der Waals surface area contributed by atoms with E-state index in [2.05, 4.69) is 10.6 Å². The first-order chi connectivity index (χ1) is 12.1. The molecule has 2 aromatic carbocycles. The van der Waals surface area contributed by atoms with Gasteiger partial charge in [-0.15, -0.1) is 0 Å². The van der Waals surface area contributed by atoms with Crippen LogP contribution in [0.5, 0.6) is 5.75 Å². The highest BCUT2D eigenvalue weighted by Crippen LogP contribution is 2.23. The predicted octanol–water partition coefficient (Wildman–Crippen LogP) is 3.42. The number of rotatable bonds is 9. The van der Waals surface area contributed by atoms with E-state index in [1.807, 2.05) is 36.4 Å². The van der Waals surface area contributed by atoms with E-state index in [1.54, 1.807) is 19.2 Å². The first-order valence-corrected chi connectivity index (χ1v) is 8.10. The monoisotopic (exact) mass is 342 g/mol. The summed E-state index contributed by atoms with van der Waals surface area (Å²) in [7, 11) is 1.60. The van der Waals surface area contributed by atoms with Crippen LogP contribution in [0.25, 0.3) is 0 Å². The fourth-order valence-corrected chi connectivity index (χ4v) is 2.34. The van der Waals surface area contributed by atoms with E-state index in [9.17, 15) is 9.59 Å². The minimum absolute atomic E-state index is 0.115. The Kier molecular flexibility index (Phi) is 6.83. The molecule has 6 nitrogen and oxygen atoms in total. The van der Waals surface area contributed by atoms with Gasteiger partial charge in [-0.1, -0.05) is 18.2 Å². The number of carboxylic acid groups (broad SMARTS) is 1. The molecule has 6 heteroatoms. The lowest BCUT2D eigenvalue weighted by atomic mass is 10.1. The summed E-state index contributed by atoms with van der Waals surface area (Å²) in [5.74, 6) is -0.286. The summed E-state index contributed by atoms with van der Waals surface area (Å²) in [4.78, 5) is 22.9. The standard InChI is InChI=1S/C19H22N2O4/c1-25-15-8-6-7-14(13-15)21-17-10-3-2-9-16(17)19(24)20-12-5-4-11-18(22)23/h2-3,6-10,13,21H,4-5,11-12H2,1H3,(H,20,24)(H,22,23). The average molecular weight is 342 g/mol. The van der Waals surface area contributed by atoms with Crippen molar-refractivity contribution < 1.29 is 19.4 Å². The Labute approximate surface area is 146 Å². The Bertz CT molecular complexity index is 731. The van der Waals surface area contributed by atoms with Gasteiger partial charge in [0.25, 0.3) is 5.91 Å². The molecule has 1 amide bonds. The van der Waals surface area contributed by atoms with Crippen molar-refractivity contribution in [1.29, 1.82) is 0 Å². The molecule has 0 aliphatic rings. The summed E-state index contributed by atoms with van der Waals surface area (Å²) >= 11 is 0. The molecule has 0 saturated carbocycles. The summed E-state index contributed by atoms with van der Waals surface area (Å²) in [6.45, 7) is 0.444. The zero-order chi connectivity index (χ0) is 18.1. The molecular formula is C19H22N2O4. The number of hydrogen-bond acceptors (Lipinski definition) is 4. The summed E-state index contributed by atoms with van der Waals surface area (Å²) in [5.41, 5.74) is 2.04. The number of benzene rings is 2. The highest BCUT2D eigenvalue weighted by molar-refractivity contribution is 6.00. The largest absolute Gasteiger partial charge is 0.497 e. The van der Waals surface area contributed by atoms with Crippen molar-refractivity contribution in [2.75, 3.05) is 19.0 Å². The molecule has 0 radical (unpaired) electrons. The van der Waals surface area contributed by atoms with Crippen LogP contribution in [0.4, 0.5) is 11.4 Å². The van der Waals surface area contributed by atoms with Crippen LogP contribution >= 0.6 is 0 Å². The van der Waals surface area contributed by atoms with E-state index in [0.717, 1.165) is 11.4 Å². The van der Waals surface area contributed by atoms with E-state index < -0.39 is 5.97 Å². The molecule has 0 atom stereocenters. The van der Waals surface area contributed by atoms with Gasteiger partial charge in [0, 0.05) is 24.7 Å². The van der Waals surface area contributed by atoms with Gasteiger partial charge in [-0.05, 0) is 37.1 Å². The molecule has 0 saturated heterocycles. The van der Waals surface area contributed by atoms with Crippen molar-refractivity contribution in [2.24, 2.45) is 0 Å². The van der Waals surface area contributed by atoms with Crippen molar-refractivity contribution in [3.05, 3.63) is 54.1 Å². The Hall–Kier alpha value is -3.02. The summed E-state index contributed by atoms with van der Waals surface area (Å²) < 4.78 is 5.20. The molecule has 25 heavy (non-hydrogen) atoms. The highest BCUT2D eigenvalue weighted by Gasteiger charge is 2.11. The molecular weight excluding hydrogens is 320 g/mol. The molecule has 0 aromatic heterocycles. The van der Waals surface area contributed by atoms with E-state index in [-0.39, 0.29) is 12.3 Å². The molecule has 2 aromatic rings. The van der Waals surface area contributed by atoms with Crippen LogP contribution in [0.3, 0.4) is 0 Å².